The summed E-state index contributed by atoms with van der Waals surface area (Å²) in [5.74, 6) is 0.957. The van der Waals surface area contributed by atoms with Crippen molar-refractivity contribution < 1.29 is 13.7 Å². The van der Waals surface area contributed by atoms with Gasteiger partial charge >= 0.3 is 0 Å². The van der Waals surface area contributed by atoms with Crippen LogP contribution in [0.15, 0.2) is 45.5 Å². The van der Waals surface area contributed by atoms with Gasteiger partial charge < -0.3 is 14.3 Å². The van der Waals surface area contributed by atoms with Crippen molar-refractivity contribution in [2.24, 2.45) is 0 Å². The monoisotopic (exact) mass is 342 g/mol. The van der Waals surface area contributed by atoms with Gasteiger partial charge in [0, 0.05) is 18.5 Å². The second-order valence-electron chi connectivity index (χ2n) is 4.84. The minimum atomic E-state index is -0.228. The van der Waals surface area contributed by atoms with Gasteiger partial charge in [0.25, 0.3) is 0 Å². The lowest BCUT2D eigenvalue weighted by molar-refractivity contribution is -0.116. The largest absolute Gasteiger partial charge is 0.461 e. The topological polar surface area (TPSA) is 105 Å². The average Bonchev–Trinajstić information content (AvgIpc) is 3.24. The molecule has 2 heterocycles. The molecule has 1 amide bonds. The van der Waals surface area contributed by atoms with Gasteiger partial charge in [-0.05, 0) is 30.3 Å². The van der Waals surface area contributed by atoms with Crippen molar-refractivity contribution >= 4 is 23.2 Å². The van der Waals surface area contributed by atoms with Crippen molar-refractivity contribution in [3.05, 3.63) is 53.1 Å². The summed E-state index contributed by atoms with van der Waals surface area (Å²) in [7, 11) is 0. The minimum Gasteiger partial charge on any atom is -0.461 e. The first kappa shape index (κ1) is 15.8. The van der Waals surface area contributed by atoms with Gasteiger partial charge in [0.05, 0.1) is 16.8 Å². The Bertz CT molecular complexity index is 896. The van der Waals surface area contributed by atoms with Crippen LogP contribution in [0.5, 0.6) is 0 Å². The Morgan fingerprint density at radius 3 is 2.96 bits per heavy atom. The fourth-order valence-electron chi connectivity index (χ4n) is 1.99. The minimum absolute atomic E-state index is 0.164. The highest BCUT2D eigenvalue weighted by molar-refractivity contribution is 6.32. The summed E-state index contributed by atoms with van der Waals surface area (Å²) in [6, 6.07) is 10.1. The number of aromatic nitrogens is 2. The Morgan fingerprint density at radius 2 is 2.25 bits per heavy atom. The van der Waals surface area contributed by atoms with Crippen molar-refractivity contribution in [1.82, 2.24) is 10.1 Å². The van der Waals surface area contributed by atoms with E-state index in [0.717, 1.165) is 0 Å². The fraction of sp³-hybridized carbons (Fsp3) is 0.125. The maximum Gasteiger partial charge on any atom is 0.238 e. The Balaban J connectivity index is 1.56. The number of nitriles is 1. The van der Waals surface area contributed by atoms with Gasteiger partial charge in [0.2, 0.25) is 17.6 Å². The van der Waals surface area contributed by atoms with E-state index in [1.807, 2.05) is 6.07 Å². The molecule has 3 aromatic rings. The molecule has 3 rings (SSSR count). The molecule has 0 radical (unpaired) electrons. The lowest BCUT2D eigenvalue weighted by Gasteiger charge is -2.05. The smallest absolute Gasteiger partial charge is 0.238 e. The van der Waals surface area contributed by atoms with Crippen molar-refractivity contribution in [3.8, 4) is 17.7 Å². The highest BCUT2D eigenvalue weighted by atomic mass is 35.5. The summed E-state index contributed by atoms with van der Waals surface area (Å²) in [5.41, 5.74) is 0.872. The van der Waals surface area contributed by atoms with E-state index in [2.05, 4.69) is 15.5 Å². The normalized spacial score (nSPS) is 10.3. The number of carbonyl (C=O) groups excluding carboxylic acids is 1. The van der Waals surface area contributed by atoms with Crippen molar-refractivity contribution in [3.63, 3.8) is 0 Å². The number of hydrogen-bond acceptors (Lipinski definition) is 6. The number of nitrogens with one attached hydrogen (secondary N) is 1. The number of halogens is 1. The molecule has 120 valence electrons. The number of hydrogen-bond donors (Lipinski definition) is 1. The zero-order valence-corrected chi connectivity index (χ0v) is 13.1. The molecular formula is C16H11ClN4O3. The molecule has 0 atom stereocenters. The van der Waals surface area contributed by atoms with Crippen LogP contribution in [0.4, 0.5) is 5.69 Å². The maximum atomic E-state index is 12.0. The van der Waals surface area contributed by atoms with E-state index in [4.69, 9.17) is 25.8 Å². The number of amides is 1. The molecule has 0 fully saturated rings. The van der Waals surface area contributed by atoms with Gasteiger partial charge in [0.1, 0.15) is 6.07 Å². The van der Waals surface area contributed by atoms with Crippen LogP contribution in [0, 0.1) is 11.3 Å². The number of rotatable bonds is 5. The first-order chi connectivity index (χ1) is 11.7. The molecule has 2 aromatic heterocycles. The number of anilines is 1. The zero-order valence-electron chi connectivity index (χ0n) is 12.3. The van der Waals surface area contributed by atoms with Gasteiger partial charge in [-0.3, -0.25) is 4.79 Å². The van der Waals surface area contributed by atoms with Crippen molar-refractivity contribution in [2.45, 2.75) is 12.8 Å². The lowest BCUT2D eigenvalue weighted by Crippen LogP contribution is -2.12. The number of nitrogens with zero attached hydrogens (tertiary/aromatic N) is 3. The number of benzene rings is 1. The quantitative estimate of drug-likeness (QED) is 0.761. The van der Waals surface area contributed by atoms with Crippen molar-refractivity contribution in [1.29, 1.82) is 5.26 Å². The summed E-state index contributed by atoms with van der Waals surface area (Å²) in [5, 5.41) is 15.6. The summed E-state index contributed by atoms with van der Waals surface area (Å²) in [6.45, 7) is 0. The fourth-order valence-corrected chi connectivity index (χ4v) is 2.21. The average molecular weight is 343 g/mol. The van der Waals surface area contributed by atoms with E-state index in [1.165, 1.54) is 12.3 Å². The molecule has 7 nitrogen and oxygen atoms in total. The summed E-state index contributed by atoms with van der Waals surface area (Å²) in [4.78, 5) is 16.1. The first-order valence-corrected chi connectivity index (χ1v) is 7.39. The molecule has 8 heteroatoms. The third kappa shape index (κ3) is 3.62. The van der Waals surface area contributed by atoms with E-state index < -0.39 is 0 Å². The van der Waals surface area contributed by atoms with Gasteiger partial charge in [-0.25, -0.2) is 0 Å². The van der Waals surface area contributed by atoms with E-state index in [-0.39, 0.29) is 17.4 Å². The Labute approximate surface area is 141 Å². The standard InChI is InChI=1S/C16H11ClN4O3/c17-12-8-11(4-3-10(12)9-18)19-14(22)5-6-15-20-16(21-24-15)13-2-1-7-23-13/h1-4,7-8H,5-6H2,(H,19,22). The van der Waals surface area contributed by atoms with Crippen LogP contribution < -0.4 is 5.32 Å². The second-order valence-corrected chi connectivity index (χ2v) is 5.25. The van der Waals surface area contributed by atoms with Crippen LogP contribution in [-0.4, -0.2) is 16.0 Å². The maximum absolute atomic E-state index is 12.0. The Kier molecular flexibility index (Phi) is 4.59. The van der Waals surface area contributed by atoms with Crippen molar-refractivity contribution in [2.75, 3.05) is 5.32 Å². The lowest BCUT2D eigenvalue weighted by atomic mass is 10.2. The predicted molar refractivity (Wildman–Crippen MR) is 85.1 cm³/mol. The molecular weight excluding hydrogens is 332 g/mol. The van der Waals surface area contributed by atoms with E-state index >= 15 is 0 Å². The molecule has 0 aliphatic carbocycles. The van der Waals surface area contributed by atoms with E-state index in [9.17, 15) is 4.79 Å². The van der Waals surface area contributed by atoms with Crippen LogP contribution in [0.2, 0.25) is 5.02 Å². The zero-order chi connectivity index (χ0) is 16.9. The second kappa shape index (κ2) is 6.98. The van der Waals surface area contributed by atoms with Crippen LogP contribution >= 0.6 is 11.6 Å². The highest BCUT2D eigenvalue weighted by Gasteiger charge is 2.12. The van der Waals surface area contributed by atoms with Crippen LogP contribution in [0.3, 0.4) is 0 Å². The number of carbonyl (C=O) groups is 1. The van der Waals surface area contributed by atoms with E-state index in [1.54, 1.807) is 24.3 Å². The summed E-state index contributed by atoms with van der Waals surface area (Å²) >= 11 is 5.92. The molecule has 1 N–H and O–H groups in total. The molecule has 1 aromatic carbocycles. The molecule has 0 aliphatic rings. The van der Waals surface area contributed by atoms with Crippen LogP contribution in [-0.2, 0) is 11.2 Å². The summed E-state index contributed by atoms with van der Waals surface area (Å²) < 4.78 is 10.2. The SMILES string of the molecule is N#Cc1ccc(NC(=O)CCc2nc(-c3ccco3)no2)cc1Cl. The van der Waals surface area contributed by atoms with Gasteiger partial charge in [-0.1, -0.05) is 16.8 Å². The van der Waals surface area contributed by atoms with Crippen LogP contribution in [0.25, 0.3) is 11.6 Å². The predicted octanol–water partition coefficient (Wildman–Crippen LogP) is 3.43. The van der Waals surface area contributed by atoms with E-state index in [0.29, 0.717) is 35.1 Å². The number of furan rings is 1. The van der Waals surface area contributed by atoms with Gasteiger partial charge in [-0.15, -0.1) is 0 Å². The molecule has 0 bridgehead atoms. The Morgan fingerprint density at radius 1 is 1.38 bits per heavy atom. The summed E-state index contributed by atoms with van der Waals surface area (Å²) in [6.07, 6.45) is 1.97. The van der Waals surface area contributed by atoms with Gasteiger partial charge in [0.15, 0.2) is 5.76 Å². The first-order valence-electron chi connectivity index (χ1n) is 7.01. The Hall–Kier alpha value is -3.11. The van der Waals surface area contributed by atoms with Crippen LogP contribution in [0.1, 0.15) is 17.9 Å². The molecule has 0 unspecified atom stereocenters. The molecule has 0 saturated heterocycles. The molecule has 0 saturated carbocycles. The third-order valence-electron chi connectivity index (χ3n) is 3.15. The highest BCUT2D eigenvalue weighted by Crippen LogP contribution is 2.20. The molecule has 0 aliphatic heterocycles. The third-order valence-corrected chi connectivity index (χ3v) is 3.46. The number of aryl methyl sites for hydroxylation is 1. The molecule has 24 heavy (non-hydrogen) atoms. The molecule has 0 spiro atoms. The van der Waals surface area contributed by atoms with Gasteiger partial charge in [-0.2, -0.15) is 10.2 Å².